The fourth-order valence-corrected chi connectivity index (χ4v) is 3.20. The summed E-state index contributed by atoms with van der Waals surface area (Å²) in [5, 5.41) is 11.2. The molecule has 1 unspecified atom stereocenters. The summed E-state index contributed by atoms with van der Waals surface area (Å²) in [6.07, 6.45) is 1.75. The number of hydrogen-bond donors (Lipinski definition) is 2. The summed E-state index contributed by atoms with van der Waals surface area (Å²) in [5.74, 6) is -0.369. The number of nitrogens with two attached hydrogens (primary N) is 1. The molecule has 0 spiro atoms. The molecule has 2 rings (SSSR count). The van der Waals surface area contributed by atoms with Gasteiger partial charge in [-0.05, 0) is 25.3 Å². The van der Waals surface area contributed by atoms with Crippen molar-refractivity contribution in [3.63, 3.8) is 0 Å². The Bertz CT molecular complexity index is 432. The van der Waals surface area contributed by atoms with Crippen LogP contribution in [0.2, 0.25) is 0 Å². The Morgan fingerprint density at radius 1 is 1.37 bits per heavy atom. The van der Waals surface area contributed by atoms with Crippen LogP contribution in [0.1, 0.15) is 31.7 Å². The van der Waals surface area contributed by atoms with Gasteiger partial charge in [0.2, 0.25) is 0 Å². The number of aliphatic hydroxyl groups is 1. The van der Waals surface area contributed by atoms with Crippen LogP contribution in [-0.4, -0.2) is 24.9 Å². The third-order valence-corrected chi connectivity index (χ3v) is 4.55. The zero-order chi connectivity index (χ0) is 13.9. The predicted octanol–water partition coefficient (Wildman–Crippen LogP) is 2.18. The van der Waals surface area contributed by atoms with Gasteiger partial charge in [-0.1, -0.05) is 25.1 Å². The largest absolute Gasteiger partial charge is 0.384 e. The fourth-order valence-electron chi connectivity index (χ4n) is 3.20. The fraction of sp³-hybridized carbons (Fsp3) is 0.600. The van der Waals surface area contributed by atoms with Gasteiger partial charge in [-0.25, -0.2) is 4.39 Å². The molecule has 3 nitrogen and oxygen atoms in total. The number of hydrogen-bond acceptors (Lipinski definition) is 3. The molecular weight excluding hydrogens is 245 g/mol. The van der Waals surface area contributed by atoms with Crippen molar-refractivity contribution in [2.24, 2.45) is 11.1 Å². The molecule has 3 N–H and O–H groups in total. The van der Waals surface area contributed by atoms with E-state index in [0.717, 1.165) is 0 Å². The van der Waals surface area contributed by atoms with E-state index < -0.39 is 11.0 Å². The molecule has 1 aromatic carbocycles. The second-order valence-corrected chi connectivity index (χ2v) is 5.29. The summed E-state index contributed by atoms with van der Waals surface area (Å²) in [4.78, 5) is 0. The summed E-state index contributed by atoms with van der Waals surface area (Å²) in [6, 6.07) is 6.43. The average molecular weight is 267 g/mol. The van der Waals surface area contributed by atoms with Crippen LogP contribution in [0, 0.1) is 11.2 Å². The Kier molecular flexibility index (Phi) is 4.23. The molecule has 4 heteroatoms. The van der Waals surface area contributed by atoms with Crippen LogP contribution >= 0.6 is 0 Å². The maximum Gasteiger partial charge on any atom is 0.129 e. The SMILES string of the molecule is CCC(O)(c1ccccc1F)C1(CN)CCOCC1. The highest BCUT2D eigenvalue weighted by Gasteiger charge is 2.51. The highest BCUT2D eigenvalue weighted by molar-refractivity contribution is 5.27. The van der Waals surface area contributed by atoms with E-state index in [0.29, 0.717) is 44.6 Å². The molecule has 1 aliphatic heterocycles. The van der Waals surface area contributed by atoms with Gasteiger partial charge in [-0.3, -0.25) is 0 Å². The number of ether oxygens (including phenoxy) is 1. The monoisotopic (exact) mass is 267 g/mol. The second-order valence-electron chi connectivity index (χ2n) is 5.29. The van der Waals surface area contributed by atoms with Crippen LogP contribution in [0.5, 0.6) is 0 Å². The van der Waals surface area contributed by atoms with E-state index >= 15 is 0 Å². The van der Waals surface area contributed by atoms with Crippen molar-refractivity contribution in [3.8, 4) is 0 Å². The van der Waals surface area contributed by atoms with E-state index in [1.165, 1.54) is 6.07 Å². The molecule has 0 aliphatic carbocycles. The van der Waals surface area contributed by atoms with Gasteiger partial charge in [-0.15, -0.1) is 0 Å². The van der Waals surface area contributed by atoms with Gasteiger partial charge in [0.05, 0.1) is 5.60 Å². The van der Waals surface area contributed by atoms with Crippen molar-refractivity contribution in [2.75, 3.05) is 19.8 Å². The Labute approximate surface area is 113 Å². The van der Waals surface area contributed by atoms with Gasteiger partial charge in [-0.2, -0.15) is 0 Å². The molecule has 0 radical (unpaired) electrons. The topological polar surface area (TPSA) is 55.5 Å². The highest BCUT2D eigenvalue weighted by Crippen LogP contribution is 2.49. The normalized spacial score (nSPS) is 21.9. The Morgan fingerprint density at radius 2 is 2.00 bits per heavy atom. The second kappa shape index (κ2) is 5.57. The lowest BCUT2D eigenvalue weighted by Gasteiger charge is -2.49. The number of halogens is 1. The van der Waals surface area contributed by atoms with E-state index in [1.807, 2.05) is 6.92 Å². The van der Waals surface area contributed by atoms with Crippen molar-refractivity contribution in [1.82, 2.24) is 0 Å². The smallest absolute Gasteiger partial charge is 0.129 e. The molecule has 19 heavy (non-hydrogen) atoms. The molecule has 106 valence electrons. The van der Waals surface area contributed by atoms with Crippen LogP contribution in [0.15, 0.2) is 24.3 Å². The average Bonchev–Trinajstić information content (AvgIpc) is 2.47. The van der Waals surface area contributed by atoms with Crippen LogP contribution < -0.4 is 5.73 Å². The minimum Gasteiger partial charge on any atom is -0.384 e. The highest BCUT2D eigenvalue weighted by atomic mass is 19.1. The van der Waals surface area contributed by atoms with Gasteiger partial charge in [0, 0.05) is 30.7 Å². The van der Waals surface area contributed by atoms with Gasteiger partial charge >= 0.3 is 0 Å². The summed E-state index contributed by atoms with van der Waals surface area (Å²) < 4.78 is 19.5. The van der Waals surface area contributed by atoms with Crippen molar-refractivity contribution < 1.29 is 14.2 Å². The molecule has 1 aromatic rings. The van der Waals surface area contributed by atoms with Gasteiger partial charge < -0.3 is 15.6 Å². The van der Waals surface area contributed by atoms with E-state index in [9.17, 15) is 9.50 Å². The van der Waals surface area contributed by atoms with Crippen molar-refractivity contribution >= 4 is 0 Å². The first kappa shape index (κ1) is 14.4. The molecule has 1 fully saturated rings. The molecule has 1 aliphatic rings. The van der Waals surface area contributed by atoms with Crippen LogP contribution in [0.4, 0.5) is 4.39 Å². The first-order valence-electron chi connectivity index (χ1n) is 6.85. The minimum absolute atomic E-state index is 0.328. The predicted molar refractivity (Wildman–Crippen MR) is 72.1 cm³/mol. The molecule has 1 heterocycles. The maximum atomic E-state index is 14.1. The zero-order valence-corrected chi connectivity index (χ0v) is 11.4. The standard InChI is InChI=1S/C15H22FNO2/c1-2-15(18,12-5-3-4-6-13(12)16)14(11-17)7-9-19-10-8-14/h3-6,18H,2,7-11,17H2,1H3. The van der Waals surface area contributed by atoms with E-state index in [2.05, 4.69) is 0 Å². The van der Waals surface area contributed by atoms with Crippen molar-refractivity contribution in [2.45, 2.75) is 31.8 Å². The van der Waals surface area contributed by atoms with E-state index in [1.54, 1.807) is 18.2 Å². The summed E-state index contributed by atoms with van der Waals surface area (Å²) in [7, 11) is 0. The lowest BCUT2D eigenvalue weighted by molar-refractivity contribution is -0.138. The first-order chi connectivity index (χ1) is 9.09. The van der Waals surface area contributed by atoms with E-state index in [-0.39, 0.29) is 5.82 Å². The van der Waals surface area contributed by atoms with E-state index in [4.69, 9.17) is 10.5 Å². The Balaban J connectivity index is 2.49. The molecule has 1 atom stereocenters. The summed E-state index contributed by atoms with van der Waals surface area (Å²) >= 11 is 0. The number of benzene rings is 1. The Morgan fingerprint density at radius 3 is 2.53 bits per heavy atom. The first-order valence-corrected chi connectivity index (χ1v) is 6.85. The third-order valence-electron chi connectivity index (χ3n) is 4.55. The van der Waals surface area contributed by atoms with Crippen LogP contribution in [0.3, 0.4) is 0 Å². The number of rotatable bonds is 4. The quantitative estimate of drug-likeness (QED) is 0.879. The Hall–Kier alpha value is -0.970. The summed E-state index contributed by atoms with van der Waals surface area (Å²) in [6.45, 7) is 3.33. The summed E-state index contributed by atoms with van der Waals surface area (Å²) in [5.41, 5.74) is 4.55. The molecular formula is C15H22FNO2. The van der Waals surface area contributed by atoms with Crippen LogP contribution in [0.25, 0.3) is 0 Å². The zero-order valence-electron chi connectivity index (χ0n) is 11.4. The van der Waals surface area contributed by atoms with Crippen LogP contribution in [-0.2, 0) is 10.3 Å². The van der Waals surface area contributed by atoms with Crippen molar-refractivity contribution in [3.05, 3.63) is 35.6 Å². The molecule has 0 bridgehead atoms. The molecule has 1 saturated heterocycles. The lowest BCUT2D eigenvalue weighted by atomic mass is 9.62. The third kappa shape index (κ3) is 2.29. The van der Waals surface area contributed by atoms with Gasteiger partial charge in [0.1, 0.15) is 5.82 Å². The molecule has 0 amide bonds. The molecule has 0 saturated carbocycles. The molecule has 0 aromatic heterocycles. The van der Waals surface area contributed by atoms with Gasteiger partial charge in [0.15, 0.2) is 0 Å². The maximum absolute atomic E-state index is 14.1. The van der Waals surface area contributed by atoms with Gasteiger partial charge in [0.25, 0.3) is 0 Å². The van der Waals surface area contributed by atoms with Crippen molar-refractivity contribution in [1.29, 1.82) is 0 Å². The minimum atomic E-state index is -1.24. The lowest BCUT2D eigenvalue weighted by Crippen LogP contribution is -2.53.